The molecule has 3 nitrogen and oxygen atoms in total. The monoisotopic (exact) mass is 298 g/mol. The Kier molecular flexibility index (Phi) is 9.54. The van der Waals surface area contributed by atoms with Crippen LogP contribution in [-0.4, -0.2) is 50.8 Å². The van der Waals surface area contributed by atoms with Gasteiger partial charge in [0.2, 0.25) is 0 Å². The summed E-state index contributed by atoms with van der Waals surface area (Å²) < 4.78 is 5.26. The molecule has 0 aromatic heterocycles. The molecular weight excluding hydrogens is 260 g/mol. The molecular formula is C18H38N2O. The molecule has 126 valence electrons. The fraction of sp³-hybridized carbons (Fsp3) is 1.00. The van der Waals surface area contributed by atoms with Crippen molar-refractivity contribution in [1.29, 1.82) is 0 Å². The van der Waals surface area contributed by atoms with Gasteiger partial charge < -0.3 is 15.0 Å². The van der Waals surface area contributed by atoms with E-state index >= 15 is 0 Å². The Morgan fingerprint density at radius 2 is 2.00 bits per heavy atom. The lowest BCUT2D eigenvalue weighted by molar-refractivity contribution is 0.100. The molecule has 1 aliphatic rings. The number of likely N-dealkylation sites (N-methyl/N-ethyl adjacent to an activating group) is 1. The van der Waals surface area contributed by atoms with Crippen molar-refractivity contribution in [3.8, 4) is 0 Å². The minimum atomic E-state index is 0.719. The van der Waals surface area contributed by atoms with E-state index in [1.807, 2.05) is 0 Å². The summed E-state index contributed by atoms with van der Waals surface area (Å²) in [6, 6.07) is 0.719. The van der Waals surface area contributed by atoms with Gasteiger partial charge in [0.25, 0.3) is 0 Å². The van der Waals surface area contributed by atoms with E-state index in [-0.39, 0.29) is 0 Å². The van der Waals surface area contributed by atoms with Crippen LogP contribution in [0.15, 0.2) is 0 Å². The minimum absolute atomic E-state index is 0.719. The zero-order valence-electron chi connectivity index (χ0n) is 15.0. The molecule has 0 spiro atoms. The maximum Gasteiger partial charge on any atom is 0.0589 e. The number of hydrogen-bond acceptors (Lipinski definition) is 3. The number of methoxy groups -OCH3 is 1. The van der Waals surface area contributed by atoms with Crippen LogP contribution < -0.4 is 5.32 Å². The summed E-state index contributed by atoms with van der Waals surface area (Å²) in [5, 5.41) is 3.81. The van der Waals surface area contributed by atoms with Gasteiger partial charge in [-0.3, -0.25) is 0 Å². The van der Waals surface area contributed by atoms with Crippen LogP contribution in [0.4, 0.5) is 0 Å². The molecule has 1 saturated carbocycles. The third kappa shape index (κ3) is 6.66. The molecule has 3 atom stereocenters. The first-order chi connectivity index (χ1) is 10.1. The standard InChI is InChI=1S/C18H38N2O/c1-6-10-19-18-9-8-16(15(3)4)13-17(18)14-20(7-2)11-12-21-5/h15-19H,6-14H2,1-5H3. The predicted molar refractivity (Wildman–Crippen MR) is 91.7 cm³/mol. The van der Waals surface area contributed by atoms with Gasteiger partial charge in [-0.2, -0.15) is 0 Å². The van der Waals surface area contributed by atoms with E-state index in [0.717, 1.165) is 50.0 Å². The fourth-order valence-corrected chi connectivity index (χ4v) is 3.64. The molecule has 1 aliphatic carbocycles. The highest BCUT2D eigenvalue weighted by Gasteiger charge is 2.32. The second-order valence-corrected chi connectivity index (χ2v) is 7.02. The molecule has 21 heavy (non-hydrogen) atoms. The highest BCUT2D eigenvalue weighted by molar-refractivity contribution is 4.87. The van der Waals surface area contributed by atoms with Crippen LogP contribution in [0, 0.1) is 17.8 Å². The van der Waals surface area contributed by atoms with Crippen LogP contribution in [0.1, 0.15) is 53.4 Å². The quantitative estimate of drug-likeness (QED) is 0.669. The van der Waals surface area contributed by atoms with Crippen LogP contribution in [0.25, 0.3) is 0 Å². The van der Waals surface area contributed by atoms with Crippen molar-refractivity contribution < 1.29 is 4.74 Å². The van der Waals surface area contributed by atoms with Crippen molar-refractivity contribution in [3.63, 3.8) is 0 Å². The van der Waals surface area contributed by atoms with Gasteiger partial charge in [0.05, 0.1) is 6.61 Å². The molecule has 0 amide bonds. The largest absolute Gasteiger partial charge is 0.383 e. The van der Waals surface area contributed by atoms with Gasteiger partial charge >= 0.3 is 0 Å². The van der Waals surface area contributed by atoms with Crippen molar-refractivity contribution in [2.45, 2.75) is 59.4 Å². The van der Waals surface area contributed by atoms with Crippen molar-refractivity contribution in [3.05, 3.63) is 0 Å². The Bertz CT molecular complexity index is 258. The number of ether oxygens (including phenoxy) is 1. The minimum Gasteiger partial charge on any atom is -0.383 e. The van der Waals surface area contributed by atoms with E-state index in [1.54, 1.807) is 7.11 Å². The molecule has 0 bridgehead atoms. The normalized spacial score (nSPS) is 26.7. The lowest BCUT2D eigenvalue weighted by Gasteiger charge is -2.40. The smallest absolute Gasteiger partial charge is 0.0589 e. The highest BCUT2D eigenvalue weighted by atomic mass is 16.5. The Morgan fingerprint density at radius 1 is 1.24 bits per heavy atom. The summed E-state index contributed by atoms with van der Waals surface area (Å²) in [4.78, 5) is 2.57. The molecule has 0 aliphatic heterocycles. The molecule has 0 aromatic rings. The Balaban J connectivity index is 2.58. The van der Waals surface area contributed by atoms with Crippen LogP contribution in [0.5, 0.6) is 0 Å². The Labute approximate surface area is 132 Å². The molecule has 1 rings (SSSR count). The van der Waals surface area contributed by atoms with Crippen molar-refractivity contribution in [2.75, 3.05) is 39.9 Å². The van der Waals surface area contributed by atoms with E-state index in [0.29, 0.717) is 0 Å². The van der Waals surface area contributed by atoms with Gasteiger partial charge in [0.15, 0.2) is 0 Å². The second-order valence-electron chi connectivity index (χ2n) is 7.02. The van der Waals surface area contributed by atoms with Gasteiger partial charge in [-0.1, -0.05) is 27.7 Å². The molecule has 3 heteroatoms. The number of nitrogens with one attached hydrogen (secondary N) is 1. The summed E-state index contributed by atoms with van der Waals surface area (Å²) in [5.74, 6) is 2.54. The zero-order chi connectivity index (χ0) is 15.7. The summed E-state index contributed by atoms with van der Waals surface area (Å²) in [6.07, 6.45) is 5.38. The van der Waals surface area contributed by atoms with E-state index in [1.165, 1.54) is 32.2 Å². The second kappa shape index (κ2) is 10.6. The first kappa shape index (κ1) is 18.9. The summed E-state index contributed by atoms with van der Waals surface area (Å²) in [7, 11) is 1.80. The van der Waals surface area contributed by atoms with Crippen molar-refractivity contribution >= 4 is 0 Å². The average molecular weight is 299 g/mol. The van der Waals surface area contributed by atoms with E-state index in [2.05, 4.69) is 37.9 Å². The SMILES string of the molecule is CCCNC1CCC(C(C)C)CC1CN(CC)CCOC. The van der Waals surface area contributed by atoms with Gasteiger partial charge in [-0.05, 0) is 56.5 Å². The Hall–Kier alpha value is -0.120. The van der Waals surface area contributed by atoms with Crippen molar-refractivity contribution in [1.82, 2.24) is 10.2 Å². The maximum absolute atomic E-state index is 5.26. The highest BCUT2D eigenvalue weighted by Crippen LogP contribution is 2.34. The fourth-order valence-electron chi connectivity index (χ4n) is 3.64. The molecule has 0 radical (unpaired) electrons. The van der Waals surface area contributed by atoms with Crippen LogP contribution in [-0.2, 0) is 4.74 Å². The zero-order valence-corrected chi connectivity index (χ0v) is 15.0. The van der Waals surface area contributed by atoms with Gasteiger partial charge in [-0.15, -0.1) is 0 Å². The summed E-state index contributed by atoms with van der Waals surface area (Å²) >= 11 is 0. The summed E-state index contributed by atoms with van der Waals surface area (Å²) in [5.41, 5.74) is 0. The topological polar surface area (TPSA) is 24.5 Å². The molecule has 1 fully saturated rings. The van der Waals surface area contributed by atoms with Gasteiger partial charge in [0.1, 0.15) is 0 Å². The third-order valence-corrected chi connectivity index (χ3v) is 5.17. The number of rotatable bonds is 10. The molecule has 1 N–H and O–H groups in total. The van der Waals surface area contributed by atoms with E-state index in [4.69, 9.17) is 4.74 Å². The first-order valence-electron chi connectivity index (χ1n) is 9.06. The maximum atomic E-state index is 5.26. The number of nitrogens with zero attached hydrogens (tertiary/aromatic N) is 1. The third-order valence-electron chi connectivity index (χ3n) is 5.17. The average Bonchev–Trinajstić information content (AvgIpc) is 2.49. The lowest BCUT2D eigenvalue weighted by atomic mass is 9.73. The van der Waals surface area contributed by atoms with Crippen LogP contribution in [0.3, 0.4) is 0 Å². The van der Waals surface area contributed by atoms with Crippen molar-refractivity contribution in [2.24, 2.45) is 17.8 Å². The van der Waals surface area contributed by atoms with Crippen LogP contribution >= 0.6 is 0 Å². The van der Waals surface area contributed by atoms with E-state index < -0.39 is 0 Å². The molecule has 0 heterocycles. The summed E-state index contributed by atoms with van der Waals surface area (Å²) in [6.45, 7) is 14.8. The molecule has 3 unspecified atom stereocenters. The lowest BCUT2D eigenvalue weighted by Crippen LogP contribution is -2.47. The van der Waals surface area contributed by atoms with Gasteiger partial charge in [-0.25, -0.2) is 0 Å². The predicted octanol–water partition coefficient (Wildman–Crippen LogP) is 3.40. The molecule has 0 aromatic carbocycles. The molecule has 0 saturated heterocycles. The number of hydrogen-bond donors (Lipinski definition) is 1. The van der Waals surface area contributed by atoms with E-state index in [9.17, 15) is 0 Å². The first-order valence-corrected chi connectivity index (χ1v) is 9.06. The Morgan fingerprint density at radius 3 is 2.57 bits per heavy atom. The van der Waals surface area contributed by atoms with Crippen LogP contribution in [0.2, 0.25) is 0 Å². The van der Waals surface area contributed by atoms with Gasteiger partial charge in [0, 0.05) is 26.2 Å².